The maximum Gasteiger partial charge on any atom is 0.191 e. The van der Waals surface area contributed by atoms with Crippen LogP contribution in [-0.2, 0) is 0 Å². The second kappa shape index (κ2) is 11.7. The number of nitrogens with zero attached hydrogens (tertiary/aromatic N) is 4. The third kappa shape index (κ3) is 6.26. The van der Waals surface area contributed by atoms with Crippen LogP contribution >= 0.6 is 24.0 Å². The molecule has 174 valence electrons. The first kappa shape index (κ1) is 24.6. The van der Waals surface area contributed by atoms with Gasteiger partial charge in [0.15, 0.2) is 5.96 Å². The lowest BCUT2D eigenvalue weighted by Gasteiger charge is -2.50. The van der Waals surface area contributed by atoms with Crippen LogP contribution in [0.4, 0.5) is 5.69 Å². The van der Waals surface area contributed by atoms with Gasteiger partial charge in [0.1, 0.15) is 0 Å². The smallest absolute Gasteiger partial charge is 0.191 e. The molecule has 2 N–H and O–H groups in total. The van der Waals surface area contributed by atoms with Gasteiger partial charge in [0, 0.05) is 44.0 Å². The summed E-state index contributed by atoms with van der Waals surface area (Å²) < 4.78 is 0. The molecule has 7 heteroatoms. The van der Waals surface area contributed by atoms with Gasteiger partial charge in [-0.25, -0.2) is 0 Å². The molecule has 3 heterocycles. The van der Waals surface area contributed by atoms with Crippen molar-refractivity contribution >= 4 is 35.6 Å². The summed E-state index contributed by atoms with van der Waals surface area (Å²) in [6, 6.07) is 11.2. The van der Waals surface area contributed by atoms with Crippen molar-refractivity contribution in [3.63, 3.8) is 0 Å². The number of para-hydroxylation sites is 1. The Balaban J connectivity index is 0.00000272. The lowest BCUT2D eigenvalue weighted by atomic mass is 9.84. The second-order valence-electron chi connectivity index (χ2n) is 9.41. The average molecular weight is 541 g/mol. The predicted molar refractivity (Wildman–Crippen MR) is 142 cm³/mol. The minimum absolute atomic E-state index is 0. The molecule has 0 saturated carbocycles. The van der Waals surface area contributed by atoms with E-state index in [9.17, 15) is 0 Å². The highest BCUT2D eigenvalue weighted by molar-refractivity contribution is 14.0. The van der Waals surface area contributed by atoms with Gasteiger partial charge < -0.3 is 20.4 Å². The summed E-state index contributed by atoms with van der Waals surface area (Å²) in [7, 11) is 4.16. The summed E-state index contributed by atoms with van der Waals surface area (Å²) in [6.07, 6.45) is 7.74. The van der Waals surface area contributed by atoms with Crippen LogP contribution in [0.1, 0.15) is 38.5 Å². The maximum absolute atomic E-state index is 4.57. The molecule has 1 atom stereocenters. The van der Waals surface area contributed by atoms with Gasteiger partial charge in [0.2, 0.25) is 0 Å². The van der Waals surface area contributed by atoms with Crippen molar-refractivity contribution in [2.45, 2.75) is 50.1 Å². The van der Waals surface area contributed by atoms with Gasteiger partial charge >= 0.3 is 0 Å². The molecule has 0 bridgehead atoms. The van der Waals surface area contributed by atoms with Gasteiger partial charge in [-0.15, -0.1) is 24.0 Å². The Labute approximate surface area is 205 Å². The predicted octanol–water partition coefficient (Wildman–Crippen LogP) is 3.00. The summed E-state index contributed by atoms with van der Waals surface area (Å²) in [6.45, 7) is 8.03. The number of halogens is 1. The number of nitrogens with one attached hydrogen (secondary N) is 2. The van der Waals surface area contributed by atoms with Crippen LogP contribution < -0.4 is 15.5 Å². The van der Waals surface area contributed by atoms with E-state index in [0.717, 1.165) is 32.0 Å². The Morgan fingerprint density at radius 1 is 1.03 bits per heavy atom. The molecule has 0 amide bonds. The summed E-state index contributed by atoms with van der Waals surface area (Å²) >= 11 is 0. The van der Waals surface area contributed by atoms with Crippen molar-refractivity contribution in [2.75, 3.05) is 64.8 Å². The monoisotopic (exact) mass is 540 g/mol. The van der Waals surface area contributed by atoms with Crippen molar-refractivity contribution in [2.24, 2.45) is 4.99 Å². The Kier molecular flexibility index (Phi) is 9.28. The summed E-state index contributed by atoms with van der Waals surface area (Å²) in [5, 5.41) is 7.44. The first-order chi connectivity index (χ1) is 14.7. The quantitative estimate of drug-likeness (QED) is 0.342. The summed E-state index contributed by atoms with van der Waals surface area (Å²) in [4.78, 5) is 12.3. The lowest BCUT2D eigenvalue weighted by molar-refractivity contribution is 0.0173. The number of rotatable bonds is 5. The molecular formula is C24H41IN6. The van der Waals surface area contributed by atoms with Gasteiger partial charge in [-0.3, -0.25) is 9.89 Å². The van der Waals surface area contributed by atoms with Crippen LogP contribution in [0, 0.1) is 0 Å². The molecular weight excluding hydrogens is 499 g/mol. The van der Waals surface area contributed by atoms with Gasteiger partial charge in [0.25, 0.3) is 0 Å². The van der Waals surface area contributed by atoms with Crippen molar-refractivity contribution in [1.82, 2.24) is 20.4 Å². The second-order valence-corrected chi connectivity index (χ2v) is 9.41. The fourth-order valence-electron chi connectivity index (χ4n) is 5.40. The topological polar surface area (TPSA) is 46.1 Å². The molecule has 4 rings (SSSR count). The molecule has 3 aliphatic rings. The van der Waals surface area contributed by atoms with Gasteiger partial charge in [-0.05, 0) is 77.5 Å². The molecule has 0 radical (unpaired) electrons. The van der Waals surface area contributed by atoms with Gasteiger partial charge in [0.05, 0.1) is 0 Å². The Hall–Kier alpha value is -1.06. The van der Waals surface area contributed by atoms with Crippen LogP contribution in [0.5, 0.6) is 0 Å². The molecule has 0 aliphatic carbocycles. The first-order valence-electron chi connectivity index (χ1n) is 11.9. The Morgan fingerprint density at radius 3 is 2.42 bits per heavy atom. The third-order valence-corrected chi connectivity index (χ3v) is 7.40. The normalized spacial score (nSPS) is 25.2. The zero-order chi connectivity index (χ0) is 20.8. The SMILES string of the molecule is CN=C(NCC1(N2CCCCC2)CCN(C)CC1)NC1CCN(c2ccccc2)C1.I. The molecule has 1 aromatic rings. The van der Waals surface area contributed by atoms with Gasteiger partial charge in [-0.1, -0.05) is 24.6 Å². The van der Waals surface area contributed by atoms with Crippen molar-refractivity contribution in [3.05, 3.63) is 30.3 Å². The highest BCUT2D eigenvalue weighted by Gasteiger charge is 2.39. The average Bonchev–Trinajstić information content (AvgIpc) is 3.28. The number of guanidine groups is 1. The largest absolute Gasteiger partial charge is 0.369 e. The third-order valence-electron chi connectivity index (χ3n) is 7.40. The minimum atomic E-state index is 0. The molecule has 31 heavy (non-hydrogen) atoms. The van der Waals surface area contributed by atoms with Crippen LogP contribution in [0.25, 0.3) is 0 Å². The van der Waals surface area contributed by atoms with E-state index in [-0.39, 0.29) is 29.5 Å². The molecule has 6 nitrogen and oxygen atoms in total. The van der Waals surface area contributed by atoms with E-state index >= 15 is 0 Å². The van der Waals surface area contributed by atoms with E-state index in [2.05, 4.69) is 67.7 Å². The molecule has 0 spiro atoms. The maximum atomic E-state index is 4.57. The van der Waals surface area contributed by atoms with E-state index < -0.39 is 0 Å². The number of benzene rings is 1. The zero-order valence-electron chi connectivity index (χ0n) is 19.4. The van der Waals surface area contributed by atoms with E-state index in [1.807, 2.05) is 7.05 Å². The highest BCUT2D eigenvalue weighted by Crippen LogP contribution is 2.31. The lowest BCUT2D eigenvalue weighted by Crippen LogP contribution is -2.62. The van der Waals surface area contributed by atoms with E-state index in [0.29, 0.717) is 6.04 Å². The standard InChI is InChI=1S/C24H40N6.HI/c1-25-23(27-21-11-16-29(19-21)22-9-5-3-6-10-22)26-20-24(12-17-28(2)18-13-24)30-14-7-4-8-15-30;/h3,5-6,9-10,21H,4,7-8,11-20H2,1-2H3,(H2,25,26,27);1H. The van der Waals surface area contributed by atoms with Crippen LogP contribution in [0.15, 0.2) is 35.3 Å². The Bertz CT molecular complexity index is 683. The zero-order valence-corrected chi connectivity index (χ0v) is 21.7. The van der Waals surface area contributed by atoms with Crippen LogP contribution in [0.3, 0.4) is 0 Å². The fourth-order valence-corrected chi connectivity index (χ4v) is 5.40. The van der Waals surface area contributed by atoms with Gasteiger partial charge in [-0.2, -0.15) is 0 Å². The van der Waals surface area contributed by atoms with E-state index in [4.69, 9.17) is 0 Å². The number of piperidine rings is 2. The summed E-state index contributed by atoms with van der Waals surface area (Å²) in [5.41, 5.74) is 1.59. The van der Waals surface area contributed by atoms with Crippen molar-refractivity contribution in [3.8, 4) is 0 Å². The van der Waals surface area contributed by atoms with E-state index in [1.54, 1.807) is 0 Å². The molecule has 1 aromatic carbocycles. The Morgan fingerprint density at radius 2 is 1.74 bits per heavy atom. The van der Waals surface area contributed by atoms with Crippen molar-refractivity contribution in [1.29, 1.82) is 0 Å². The number of aliphatic imine (C=N–C) groups is 1. The molecule has 0 aromatic heterocycles. The number of hydrogen-bond acceptors (Lipinski definition) is 4. The number of hydrogen-bond donors (Lipinski definition) is 2. The molecule has 1 unspecified atom stereocenters. The summed E-state index contributed by atoms with van der Waals surface area (Å²) in [5.74, 6) is 0.963. The molecule has 3 saturated heterocycles. The molecule has 3 aliphatic heterocycles. The van der Waals surface area contributed by atoms with Crippen molar-refractivity contribution < 1.29 is 0 Å². The molecule has 3 fully saturated rings. The van der Waals surface area contributed by atoms with Crippen LogP contribution in [-0.4, -0.2) is 87.2 Å². The fraction of sp³-hybridized carbons (Fsp3) is 0.708. The highest BCUT2D eigenvalue weighted by atomic mass is 127. The number of anilines is 1. The number of likely N-dealkylation sites (tertiary alicyclic amines) is 2. The first-order valence-corrected chi connectivity index (χ1v) is 11.9. The van der Waals surface area contributed by atoms with E-state index in [1.165, 1.54) is 64.0 Å². The van der Waals surface area contributed by atoms with Crippen LogP contribution in [0.2, 0.25) is 0 Å². The minimum Gasteiger partial charge on any atom is -0.369 e.